The van der Waals surface area contributed by atoms with Crippen LogP contribution in [0.2, 0.25) is 0 Å². The molecular formula is C19H20N6O. The van der Waals surface area contributed by atoms with E-state index in [0.29, 0.717) is 19.0 Å². The Morgan fingerprint density at radius 1 is 1.15 bits per heavy atom. The summed E-state index contributed by atoms with van der Waals surface area (Å²) in [4.78, 5) is 8.99. The van der Waals surface area contributed by atoms with Gasteiger partial charge in [-0.15, -0.1) is 0 Å². The second kappa shape index (κ2) is 6.97. The van der Waals surface area contributed by atoms with Gasteiger partial charge in [-0.3, -0.25) is 10.1 Å². The minimum atomic E-state index is 0.635. The highest BCUT2D eigenvalue weighted by molar-refractivity contribution is 5.95. The summed E-state index contributed by atoms with van der Waals surface area (Å²) in [6, 6.07) is 12.1. The molecule has 1 aromatic carbocycles. The molecule has 26 heavy (non-hydrogen) atoms. The van der Waals surface area contributed by atoms with Crippen molar-refractivity contribution >= 4 is 39.1 Å². The first-order chi connectivity index (χ1) is 12.7. The molecule has 0 aliphatic carbocycles. The van der Waals surface area contributed by atoms with Crippen molar-refractivity contribution in [3.63, 3.8) is 0 Å². The Morgan fingerprint density at radius 2 is 2.08 bits per heavy atom. The molecule has 0 bridgehead atoms. The number of hydrogen-bond acceptors (Lipinski definition) is 6. The third-order valence-electron chi connectivity index (χ3n) is 4.14. The average molecular weight is 348 g/mol. The number of anilines is 3. The molecule has 3 heterocycles. The van der Waals surface area contributed by atoms with Crippen LogP contribution in [0.3, 0.4) is 0 Å². The zero-order valence-electron chi connectivity index (χ0n) is 14.7. The van der Waals surface area contributed by atoms with E-state index in [0.717, 1.165) is 39.0 Å². The van der Waals surface area contributed by atoms with Crippen molar-refractivity contribution in [1.82, 2.24) is 20.2 Å². The Balaban J connectivity index is 1.67. The molecule has 0 aliphatic rings. The summed E-state index contributed by atoms with van der Waals surface area (Å²) in [7, 11) is 1.69. The molecule has 7 nitrogen and oxygen atoms in total. The Morgan fingerprint density at radius 3 is 2.96 bits per heavy atom. The summed E-state index contributed by atoms with van der Waals surface area (Å²) in [5.74, 6) is 1.58. The van der Waals surface area contributed by atoms with Gasteiger partial charge in [-0.1, -0.05) is 0 Å². The predicted octanol–water partition coefficient (Wildman–Crippen LogP) is 3.62. The van der Waals surface area contributed by atoms with Crippen molar-refractivity contribution in [3.8, 4) is 0 Å². The number of fused-ring (bicyclic) bond motifs is 2. The minimum absolute atomic E-state index is 0.635. The molecule has 7 heteroatoms. The molecular weight excluding hydrogens is 328 g/mol. The van der Waals surface area contributed by atoms with E-state index < -0.39 is 0 Å². The zero-order chi connectivity index (χ0) is 17.9. The molecule has 0 aliphatic heterocycles. The van der Waals surface area contributed by atoms with E-state index in [1.165, 1.54) is 0 Å². The number of benzene rings is 1. The Labute approximate surface area is 150 Å². The van der Waals surface area contributed by atoms with Crippen molar-refractivity contribution < 1.29 is 4.74 Å². The number of pyridine rings is 2. The topological polar surface area (TPSA) is 87.8 Å². The van der Waals surface area contributed by atoms with E-state index in [9.17, 15) is 0 Å². The monoisotopic (exact) mass is 348 g/mol. The fourth-order valence-electron chi connectivity index (χ4n) is 2.95. The summed E-state index contributed by atoms with van der Waals surface area (Å²) in [5.41, 5.74) is 3.63. The number of methoxy groups -OCH3 is 1. The van der Waals surface area contributed by atoms with E-state index in [2.05, 4.69) is 49.0 Å². The van der Waals surface area contributed by atoms with Crippen LogP contribution in [-0.2, 0) is 4.74 Å². The van der Waals surface area contributed by atoms with Crippen molar-refractivity contribution in [2.24, 2.45) is 0 Å². The maximum absolute atomic E-state index is 5.10. The van der Waals surface area contributed by atoms with Gasteiger partial charge in [0.15, 0.2) is 5.82 Å². The number of nitrogens with zero attached hydrogens (tertiary/aromatic N) is 3. The van der Waals surface area contributed by atoms with Gasteiger partial charge >= 0.3 is 0 Å². The fraction of sp³-hybridized carbons (Fsp3) is 0.211. The lowest BCUT2D eigenvalue weighted by Crippen LogP contribution is -2.09. The normalized spacial score (nSPS) is 11.2. The van der Waals surface area contributed by atoms with Gasteiger partial charge in [0, 0.05) is 36.6 Å². The third kappa shape index (κ3) is 3.16. The van der Waals surface area contributed by atoms with E-state index in [4.69, 9.17) is 4.74 Å². The molecule has 132 valence electrons. The van der Waals surface area contributed by atoms with E-state index in [-0.39, 0.29) is 0 Å². The number of nitrogens with one attached hydrogen (secondary N) is 3. The second-order valence-electron chi connectivity index (χ2n) is 6.06. The van der Waals surface area contributed by atoms with Crippen LogP contribution in [0.1, 0.15) is 5.69 Å². The van der Waals surface area contributed by atoms with Crippen LogP contribution < -0.4 is 10.6 Å². The maximum atomic E-state index is 5.10. The lowest BCUT2D eigenvalue weighted by atomic mass is 10.1. The number of H-pyrrole nitrogens is 1. The van der Waals surface area contributed by atoms with E-state index in [1.807, 2.05) is 25.1 Å². The van der Waals surface area contributed by atoms with Gasteiger partial charge in [0.2, 0.25) is 0 Å². The lowest BCUT2D eigenvalue weighted by molar-refractivity contribution is 0.210. The van der Waals surface area contributed by atoms with Crippen LogP contribution in [-0.4, -0.2) is 40.4 Å². The maximum Gasteiger partial charge on any atom is 0.178 e. The summed E-state index contributed by atoms with van der Waals surface area (Å²) < 4.78 is 5.10. The molecule has 0 fully saturated rings. The van der Waals surface area contributed by atoms with Gasteiger partial charge < -0.3 is 15.4 Å². The third-order valence-corrected chi connectivity index (χ3v) is 4.14. The van der Waals surface area contributed by atoms with E-state index >= 15 is 0 Å². The number of rotatable bonds is 6. The Hall–Kier alpha value is -3.19. The molecule has 0 atom stereocenters. The Kier molecular flexibility index (Phi) is 4.37. The molecule has 0 radical (unpaired) electrons. The first-order valence-electron chi connectivity index (χ1n) is 8.45. The molecule has 0 saturated carbocycles. The average Bonchev–Trinajstić information content (AvgIpc) is 3.04. The van der Waals surface area contributed by atoms with Crippen molar-refractivity contribution in [3.05, 3.63) is 48.3 Å². The number of hydrogen-bond donors (Lipinski definition) is 3. The van der Waals surface area contributed by atoms with Crippen molar-refractivity contribution in [1.29, 1.82) is 0 Å². The molecule has 3 aromatic heterocycles. The van der Waals surface area contributed by atoms with Gasteiger partial charge in [-0.25, -0.2) is 4.98 Å². The fourth-order valence-corrected chi connectivity index (χ4v) is 2.95. The van der Waals surface area contributed by atoms with Crippen LogP contribution in [0, 0.1) is 6.92 Å². The quantitative estimate of drug-likeness (QED) is 0.461. The molecule has 0 spiro atoms. The van der Waals surface area contributed by atoms with Gasteiger partial charge in [0.1, 0.15) is 11.3 Å². The van der Waals surface area contributed by atoms with Gasteiger partial charge in [-0.05, 0) is 48.7 Å². The van der Waals surface area contributed by atoms with Crippen molar-refractivity contribution in [2.75, 3.05) is 30.9 Å². The molecule has 3 N–H and O–H groups in total. The molecule has 0 amide bonds. The highest BCUT2D eigenvalue weighted by Gasteiger charge is 2.09. The lowest BCUT2D eigenvalue weighted by Gasteiger charge is -2.11. The van der Waals surface area contributed by atoms with Crippen LogP contribution in [0.15, 0.2) is 42.6 Å². The largest absolute Gasteiger partial charge is 0.383 e. The van der Waals surface area contributed by atoms with Crippen molar-refractivity contribution in [2.45, 2.75) is 6.92 Å². The summed E-state index contributed by atoms with van der Waals surface area (Å²) in [6.07, 6.45) is 1.76. The van der Waals surface area contributed by atoms with Crippen LogP contribution in [0.25, 0.3) is 21.8 Å². The van der Waals surface area contributed by atoms with Crippen LogP contribution >= 0.6 is 0 Å². The summed E-state index contributed by atoms with van der Waals surface area (Å²) in [6.45, 7) is 3.34. The Bertz CT molecular complexity index is 1060. The predicted molar refractivity (Wildman–Crippen MR) is 104 cm³/mol. The molecule has 0 unspecified atom stereocenters. The van der Waals surface area contributed by atoms with Gasteiger partial charge in [0.25, 0.3) is 0 Å². The highest BCUT2D eigenvalue weighted by atomic mass is 16.5. The second-order valence-corrected chi connectivity index (χ2v) is 6.06. The number of aryl methyl sites for hydroxylation is 1. The van der Waals surface area contributed by atoms with Crippen LogP contribution in [0.4, 0.5) is 17.3 Å². The first kappa shape index (κ1) is 16.3. The minimum Gasteiger partial charge on any atom is -0.383 e. The number of aromatic amines is 1. The van der Waals surface area contributed by atoms with Gasteiger partial charge in [-0.2, -0.15) is 5.10 Å². The number of ether oxygens (including phenoxy) is 1. The molecule has 4 aromatic rings. The summed E-state index contributed by atoms with van der Waals surface area (Å²) >= 11 is 0. The first-order valence-corrected chi connectivity index (χ1v) is 8.45. The SMILES string of the molecule is COCCNc1nc(C)cc2cc(Nc3n[nH]c4cccnc34)ccc12. The standard InChI is InChI=1S/C19H20N6O/c1-12-10-13-11-14(5-6-15(13)18(22-12)21-8-9-26-2)23-19-17-16(24-25-19)4-3-7-20-17/h3-7,10-11H,8-9H2,1-2H3,(H,21,22)(H2,23,24,25). The zero-order valence-corrected chi connectivity index (χ0v) is 14.7. The van der Waals surface area contributed by atoms with Gasteiger partial charge in [0.05, 0.1) is 12.1 Å². The molecule has 4 rings (SSSR count). The number of aromatic nitrogens is 4. The van der Waals surface area contributed by atoms with Crippen LogP contribution in [0.5, 0.6) is 0 Å². The smallest absolute Gasteiger partial charge is 0.178 e. The summed E-state index contributed by atoms with van der Waals surface area (Å²) in [5, 5.41) is 16.2. The molecule has 0 saturated heterocycles. The van der Waals surface area contributed by atoms with E-state index in [1.54, 1.807) is 13.3 Å². The highest BCUT2D eigenvalue weighted by Crippen LogP contribution is 2.28.